The smallest absolute Gasteiger partial charge is 0.369 e. The molecule has 7 N–H and O–H groups in total. The van der Waals surface area contributed by atoms with Crippen LogP contribution >= 0.6 is 23.5 Å². The number of alkyl halides is 1. The first-order valence-electron chi connectivity index (χ1n) is 8.10. The average molecular weight is 508 g/mol. The zero-order valence-corrected chi connectivity index (χ0v) is 17.7. The van der Waals surface area contributed by atoms with Gasteiger partial charge < -0.3 is 34.6 Å². The lowest BCUT2D eigenvalue weighted by molar-refractivity contribution is -0.0343. The number of hydrogen-bond donors (Lipinski definition) is 6. The predicted molar refractivity (Wildman–Crippen MR) is 98.0 cm³/mol. The lowest BCUT2D eigenvalue weighted by Gasteiger charge is -2.19. The number of phosphoric acid groups is 3. The largest absolute Gasteiger partial charge is 0.490 e. The van der Waals surface area contributed by atoms with Gasteiger partial charge >= 0.3 is 23.5 Å². The second-order valence-corrected chi connectivity index (χ2v) is 10.6. The lowest BCUT2D eigenvalue weighted by atomic mass is 10.2. The molecule has 5 atom stereocenters. The summed E-state index contributed by atoms with van der Waals surface area (Å²) in [6, 6.07) is 1.36. The molecule has 2 aromatic rings. The first-order valence-corrected chi connectivity index (χ1v) is 12.6. The number of aromatic amines is 1. The number of anilines is 1. The summed E-state index contributed by atoms with van der Waals surface area (Å²) in [5, 5.41) is 0.113. The molecule has 1 aliphatic heterocycles. The fourth-order valence-corrected chi connectivity index (χ4v) is 5.85. The van der Waals surface area contributed by atoms with Gasteiger partial charge in [-0.3, -0.25) is 14.3 Å². The summed E-state index contributed by atoms with van der Waals surface area (Å²) in [5.74, 6) is -0.213. The normalized spacial score (nSPS) is 26.0. The first kappa shape index (κ1) is 24.2. The van der Waals surface area contributed by atoms with Crippen LogP contribution in [0.5, 0.6) is 0 Å². The fourth-order valence-electron chi connectivity index (χ4n) is 2.80. The number of fused-ring (bicyclic) bond motifs is 1. The van der Waals surface area contributed by atoms with Gasteiger partial charge in [0.05, 0.1) is 18.1 Å². The Morgan fingerprint density at radius 1 is 1.26 bits per heavy atom. The van der Waals surface area contributed by atoms with Crippen LogP contribution in [-0.2, 0) is 31.6 Å². The number of hydrogen-bond acceptors (Lipinski definition) is 10. The van der Waals surface area contributed by atoms with Gasteiger partial charge in [-0.05, 0) is 6.07 Å². The fraction of sp³-hybridized carbons (Fsp3) is 0.455. The third-order valence-electron chi connectivity index (χ3n) is 3.84. The van der Waals surface area contributed by atoms with Gasteiger partial charge in [-0.1, -0.05) is 0 Å². The molecule has 0 aliphatic carbocycles. The zero-order valence-electron chi connectivity index (χ0n) is 15.0. The summed E-state index contributed by atoms with van der Waals surface area (Å²) in [6.45, 7) is -0.810. The molecule has 174 valence electrons. The highest BCUT2D eigenvalue weighted by atomic mass is 31.3. The third-order valence-corrected chi connectivity index (χ3v) is 7.65. The van der Waals surface area contributed by atoms with Crippen molar-refractivity contribution in [3.05, 3.63) is 22.6 Å². The van der Waals surface area contributed by atoms with E-state index in [-0.39, 0.29) is 23.4 Å². The number of rotatable bonds is 8. The minimum absolute atomic E-state index is 0.0300. The molecule has 0 bridgehead atoms. The van der Waals surface area contributed by atoms with Crippen LogP contribution in [0.15, 0.2) is 17.1 Å². The van der Waals surface area contributed by atoms with Crippen molar-refractivity contribution in [2.45, 2.75) is 24.9 Å². The molecule has 3 heterocycles. The molecular weight excluding hydrogens is 492 g/mol. The van der Waals surface area contributed by atoms with E-state index in [0.29, 0.717) is 0 Å². The number of nitrogens with one attached hydrogen (secondary N) is 1. The molecular formula is C11H16FN4O12P3. The second kappa shape index (κ2) is 8.46. The van der Waals surface area contributed by atoms with Crippen LogP contribution in [0.25, 0.3) is 11.0 Å². The molecule has 31 heavy (non-hydrogen) atoms. The standard InChI is InChI=1S/C11H16FN4O12P3/c12-7-3-5(4-25-30(21,22)28-31(23,24)27-29(18,19)20)26-10(7)16-2-1-6-8(16)14-11(13)15-9(6)17/h1-2,5,7,10H,3-4H2,(H,21,22)(H,23,24)(H2,18,19,20)(H3,13,14,15,17)/t5-,7+,10+/m0/s1. The van der Waals surface area contributed by atoms with E-state index in [2.05, 4.69) is 23.1 Å². The Bertz CT molecular complexity index is 1180. The van der Waals surface area contributed by atoms with Gasteiger partial charge in [-0.25, -0.2) is 18.1 Å². The molecule has 3 rings (SSSR count). The third kappa shape index (κ3) is 6.06. The van der Waals surface area contributed by atoms with E-state index in [0.717, 1.165) is 0 Å². The number of H-pyrrole nitrogens is 1. The van der Waals surface area contributed by atoms with E-state index in [1.807, 2.05) is 0 Å². The van der Waals surface area contributed by atoms with E-state index in [9.17, 15) is 27.8 Å². The minimum Gasteiger partial charge on any atom is -0.369 e. The molecule has 0 spiro atoms. The molecule has 0 saturated carbocycles. The van der Waals surface area contributed by atoms with E-state index >= 15 is 0 Å². The Morgan fingerprint density at radius 2 is 1.94 bits per heavy atom. The van der Waals surface area contributed by atoms with Crippen LogP contribution < -0.4 is 11.3 Å². The van der Waals surface area contributed by atoms with Crippen LogP contribution in [0.2, 0.25) is 0 Å². The Balaban J connectivity index is 1.67. The van der Waals surface area contributed by atoms with Crippen molar-refractivity contribution in [1.29, 1.82) is 0 Å². The molecule has 1 saturated heterocycles. The number of nitrogen functional groups attached to an aromatic ring is 1. The predicted octanol–water partition coefficient (Wildman–Crippen LogP) is 0.276. The van der Waals surface area contributed by atoms with Gasteiger partial charge in [0, 0.05) is 12.6 Å². The van der Waals surface area contributed by atoms with Crippen LogP contribution in [0.1, 0.15) is 12.6 Å². The highest BCUT2D eigenvalue weighted by molar-refractivity contribution is 7.66. The molecule has 0 radical (unpaired) electrons. The van der Waals surface area contributed by atoms with E-state index < -0.39 is 54.1 Å². The molecule has 20 heteroatoms. The number of halogens is 1. The van der Waals surface area contributed by atoms with Gasteiger partial charge in [-0.2, -0.15) is 13.6 Å². The molecule has 2 unspecified atom stereocenters. The Kier molecular flexibility index (Phi) is 6.60. The van der Waals surface area contributed by atoms with Gasteiger partial charge in [0.2, 0.25) is 5.95 Å². The van der Waals surface area contributed by atoms with Crippen LogP contribution in [0.3, 0.4) is 0 Å². The van der Waals surface area contributed by atoms with Crippen LogP contribution in [0.4, 0.5) is 10.3 Å². The Morgan fingerprint density at radius 3 is 2.58 bits per heavy atom. The maximum atomic E-state index is 14.5. The summed E-state index contributed by atoms with van der Waals surface area (Å²) in [6.07, 6.45) is -3.15. The average Bonchev–Trinajstić information content (AvgIpc) is 3.12. The second-order valence-electron chi connectivity index (χ2n) is 6.20. The van der Waals surface area contributed by atoms with Gasteiger partial charge in [0.1, 0.15) is 6.17 Å². The quantitative estimate of drug-likeness (QED) is 0.262. The van der Waals surface area contributed by atoms with Gasteiger partial charge in [0.15, 0.2) is 11.9 Å². The van der Waals surface area contributed by atoms with Crippen LogP contribution in [0, 0.1) is 0 Å². The van der Waals surface area contributed by atoms with E-state index in [1.165, 1.54) is 16.8 Å². The summed E-state index contributed by atoms with van der Waals surface area (Å²) in [5.41, 5.74) is 4.96. The van der Waals surface area contributed by atoms with Gasteiger partial charge in [0.25, 0.3) is 5.56 Å². The topological polar surface area (TPSA) is 246 Å². The lowest BCUT2D eigenvalue weighted by Crippen LogP contribution is -2.19. The van der Waals surface area contributed by atoms with Crippen molar-refractivity contribution in [3.63, 3.8) is 0 Å². The van der Waals surface area contributed by atoms with Gasteiger partial charge in [-0.15, -0.1) is 0 Å². The minimum atomic E-state index is -5.67. The van der Waals surface area contributed by atoms with E-state index in [4.69, 9.17) is 25.2 Å². The number of phosphoric ester groups is 1. The Labute approximate surface area is 171 Å². The summed E-state index contributed by atoms with van der Waals surface area (Å²) in [4.78, 5) is 53.6. The van der Waals surface area contributed by atoms with Crippen molar-refractivity contribution < 1.29 is 55.5 Å². The zero-order chi connectivity index (χ0) is 23.2. The molecule has 1 fully saturated rings. The molecule has 2 aromatic heterocycles. The molecule has 16 nitrogen and oxygen atoms in total. The molecule has 0 amide bonds. The highest BCUT2D eigenvalue weighted by Crippen LogP contribution is 2.66. The number of aromatic nitrogens is 3. The van der Waals surface area contributed by atoms with Crippen molar-refractivity contribution in [2.24, 2.45) is 0 Å². The van der Waals surface area contributed by atoms with E-state index in [1.54, 1.807) is 0 Å². The van der Waals surface area contributed by atoms with Crippen molar-refractivity contribution >= 4 is 40.4 Å². The first-order chi connectivity index (χ1) is 14.2. The summed E-state index contributed by atoms with van der Waals surface area (Å²) >= 11 is 0. The summed E-state index contributed by atoms with van der Waals surface area (Å²) < 4.78 is 66.3. The maximum absolute atomic E-state index is 14.5. The highest BCUT2D eigenvalue weighted by Gasteiger charge is 2.43. The maximum Gasteiger partial charge on any atom is 0.490 e. The van der Waals surface area contributed by atoms with Crippen molar-refractivity contribution in [3.8, 4) is 0 Å². The number of nitrogens with zero attached hydrogens (tertiary/aromatic N) is 2. The van der Waals surface area contributed by atoms with Crippen molar-refractivity contribution in [2.75, 3.05) is 12.3 Å². The molecule has 0 aromatic carbocycles. The van der Waals surface area contributed by atoms with Crippen LogP contribution in [-0.4, -0.2) is 53.0 Å². The SMILES string of the molecule is Nc1nc2c(ccn2[C@@H]2O[C@H](COP(=O)(O)OP(=O)(O)OP(=O)(O)O)C[C@H]2F)c(=O)[nH]1. The molecule has 1 aliphatic rings. The van der Waals surface area contributed by atoms with Crippen molar-refractivity contribution in [1.82, 2.24) is 14.5 Å². The Hall–Kier alpha value is -1.48. The summed E-state index contributed by atoms with van der Waals surface area (Å²) in [7, 11) is -16.6. The monoisotopic (exact) mass is 508 g/mol. The number of nitrogens with two attached hydrogens (primary N) is 1. The number of ether oxygens (including phenoxy) is 1.